The third-order valence-electron chi connectivity index (χ3n) is 2.95. The molecule has 0 aliphatic carbocycles. The van der Waals surface area contributed by atoms with Crippen LogP contribution < -0.4 is 9.67 Å². The van der Waals surface area contributed by atoms with Gasteiger partial charge < -0.3 is 14.6 Å². The number of nitrogens with zero attached hydrogens (tertiary/aromatic N) is 3. The highest BCUT2D eigenvalue weighted by Gasteiger charge is 2.28. The van der Waals surface area contributed by atoms with Gasteiger partial charge in [0.15, 0.2) is 18.2 Å². The number of rotatable bonds is 6. The van der Waals surface area contributed by atoms with Gasteiger partial charge in [-0.25, -0.2) is 9.97 Å². The van der Waals surface area contributed by atoms with E-state index in [4.69, 9.17) is 14.6 Å². The first kappa shape index (κ1) is 22.7. The number of aliphatic carboxylic acids is 1. The molecule has 0 radical (unpaired) electrons. The lowest BCUT2D eigenvalue weighted by Gasteiger charge is -2.03. The maximum absolute atomic E-state index is 11.7. The Balaban J connectivity index is 0.000000480. The molecule has 8 nitrogen and oxygen atoms in total. The van der Waals surface area contributed by atoms with Crippen LogP contribution in [0.4, 0.5) is 13.2 Å². The summed E-state index contributed by atoms with van der Waals surface area (Å²) in [6.07, 6.45) is 1.46. The molecule has 150 valence electrons. The van der Waals surface area contributed by atoms with Gasteiger partial charge in [-0.1, -0.05) is 0 Å². The predicted octanol–water partition coefficient (Wildman–Crippen LogP) is 0.252. The average molecular weight is 399 g/mol. The molecule has 2 heterocycles. The van der Waals surface area contributed by atoms with E-state index in [0.717, 1.165) is 5.56 Å². The minimum absolute atomic E-state index is 0.134. The number of alkyl halides is 3. The molecule has 0 unspecified atom stereocenters. The SMILES string of the molecule is CCOC(=O)CC(=O)C[n+]1ccc(-c2ncccn2)cc1.O=C([O-])C(F)(F)F. The molecular formula is C17H16F3N3O5. The first-order chi connectivity index (χ1) is 13.1. The number of pyridine rings is 1. The number of aromatic nitrogens is 3. The molecule has 0 atom stereocenters. The molecule has 28 heavy (non-hydrogen) atoms. The predicted molar refractivity (Wildman–Crippen MR) is 85.0 cm³/mol. The molecular weight excluding hydrogens is 383 g/mol. The summed E-state index contributed by atoms with van der Waals surface area (Å²) in [6.45, 7) is 2.13. The number of hydrogen-bond donors (Lipinski definition) is 0. The lowest BCUT2D eigenvalue weighted by molar-refractivity contribution is -0.684. The maximum Gasteiger partial charge on any atom is 0.430 e. The number of carboxylic acids is 1. The fourth-order valence-corrected chi connectivity index (χ4v) is 1.79. The number of hydrogen-bond acceptors (Lipinski definition) is 7. The number of carbonyl (C=O) groups excluding carboxylic acids is 3. The van der Waals surface area contributed by atoms with Crippen LogP contribution in [0.1, 0.15) is 13.3 Å². The van der Waals surface area contributed by atoms with Crippen molar-refractivity contribution < 1.29 is 42.0 Å². The Kier molecular flexibility index (Phi) is 8.66. The number of ether oxygens (including phenoxy) is 1. The van der Waals surface area contributed by atoms with Crippen LogP contribution in [0, 0.1) is 0 Å². The molecule has 0 bridgehead atoms. The van der Waals surface area contributed by atoms with Crippen LogP contribution in [-0.4, -0.2) is 40.5 Å². The minimum atomic E-state index is -5.19. The van der Waals surface area contributed by atoms with Gasteiger partial charge in [-0.3, -0.25) is 9.59 Å². The fourth-order valence-electron chi connectivity index (χ4n) is 1.79. The monoisotopic (exact) mass is 399 g/mol. The van der Waals surface area contributed by atoms with E-state index in [0.29, 0.717) is 5.82 Å². The van der Waals surface area contributed by atoms with Crippen LogP contribution in [0.15, 0.2) is 43.0 Å². The van der Waals surface area contributed by atoms with Gasteiger partial charge in [-0.05, 0) is 13.0 Å². The van der Waals surface area contributed by atoms with Crippen LogP contribution in [-0.2, 0) is 25.7 Å². The molecule has 0 spiro atoms. The van der Waals surface area contributed by atoms with Crippen molar-refractivity contribution >= 4 is 17.7 Å². The Labute approximate surface area is 157 Å². The highest BCUT2D eigenvalue weighted by atomic mass is 19.4. The molecule has 2 aromatic rings. The quantitative estimate of drug-likeness (QED) is 0.389. The summed E-state index contributed by atoms with van der Waals surface area (Å²) in [7, 11) is 0. The van der Waals surface area contributed by atoms with E-state index >= 15 is 0 Å². The molecule has 2 rings (SSSR count). The maximum atomic E-state index is 11.7. The number of carboxylic acid groups (broad SMARTS) is 1. The summed E-state index contributed by atoms with van der Waals surface area (Å²) >= 11 is 0. The zero-order chi connectivity index (χ0) is 21.2. The zero-order valence-electron chi connectivity index (χ0n) is 14.7. The van der Waals surface area contributed by atoms with Crippen molar-refractivity contribution in [1.82, 2.24) is 9.97 Å². The second kappa shape index (κ2) is 10.7. The van der Waals surface area contributed by atoms with Crippen LogP contribution in [0.3, 0.4) is 0 Å². The molecule has 2 aromatic heterocycles. The lowest BCUT2D eigenvalue weighted by Crippen LogP contribution is -2.37. The summed E-state index contributed by atoms with van der Waals surface area (Å²) in [5.41, 5.74) is 0.865. The van der Waals surface area contributed by atoms with Crippen molar-refractivity contribution in [2.45, 2.75) is 26.1 Å². The van der Waals surface area contributed by atoms with E-state index in [9.17, 15) is 22.8 Å². The van der Waals surface area contributed by atoms with Crippen LogP contribution in [0.25, 0.3) is 11.4 Å². The first-order valence-corrected chi connectivity index (χ1v) is 7.85. The topological polar surface area (TPSA) is 113 Å². The summed E-state index contributed by atoms with van der Waals surface area (Å²) in [6, 6.07) is 5.40. The van der Waals surface area contributed by atoms with Crippen LogP contribution in [0.2, 0.25) is 0 Å². The lowest BCUT2D eigenvalue weighted by atomic mass is 10.2. The van der Waals surface area contributed by atoms with E-state index in [-0.39, 0.29) is 25.4 Å². The Morgan fingerprint density at radius 2 is 1.68 bits per heavy atom. The molecule has 0 fully saturated rings. The molecule has 0 amide bonds. The van der Waals surface area contributed by atoms with E-state index in [1.807, 2.05) is 12.1 Å². The summed E-state index contributed by atoms with van der Waals surface area (Å²) in [4.78, 5) is 40.0. The normalized spacial score (nSPS) is 10.4. The largest absolute Gasteiger partial charge is 0.542 e. The second-order valence-electron chi connectivity index (χ2n) is 5.14. The van der Waals surface area contributed by atoms with Crippen molar-refractivity contribution in [2.75, 3.05) is 6.61 Å². The Morgan fingerprint density at radius 1 is 1.14 bits per heavy atom. The van der Waals surface area contributed by atoms with Crippen LogP contribution in [0.5, 0.6) is 0 Å². The highest BCUT2D eigenvalue weighted by molar-refractivity contribution is 5.94. The molecule has 11 heteroatoms. The Morgan fingerprint density at radius 3 is 2.14 bits per heavy atom. The van der Waals surface area contributed by atoms with Crippen LogP contribution >= 0.6 is 0 Å². The average Bonchev–Trinajstić information content (AvgIpc) is 2.63. The van der Waals surface area contributed by atoms with Crippen molar-refractivity contribution in [2.24, 2.45) is 0 Å². The number of halogens is 3. The number of esters is 1. The fraction of sp³-hybridized carbons (Fsp3) is 0.294. The number of ketones is 1. The minimum Gasteiger partial charge on any atom is -0.542 e. The number of carbonyl (C=O) groups is 3. The van der Waals surface area contributed by atoms with Crippen molar-refractivity contribution in [3.05, 3.63) is 43.0 Å². The Bertz CT molecular complexity index is 796. The van der Waals surface area contributed by atoms with Gasteiger partial charge in [0.2, 0.25) is 12.3 Å². The molecule has 0 saturated carbocycles. The summed E-state index contributed by atoms with van der Waals surface area (Å²) in [5.74, 6) is -3.06. The molecule has 0 N–H and O–H groups in total. The van der Waals surface area contributed by atoms with Crippen molar-refractivity contribution in [1.29, 1.82) is 0 Å². The van der Waals surface area contributed by atoms with Gasteiger partial charge in [0.05, 0.1) is 6.61 Å². The van der Waals surface area contributed by atoms with E-state index in [1.54, 1.807) is 42.3 Å². The van der Waals surface area contributed by atoms with Gasteiger partial charge in [-0.15, -0.1) is 0 Å². The van der Waals surface area contributed by atoms with Gasteiger partial charge in [0.1, 0.15) is 12.4 Å². The highest BCUT2D eigenvalue weighted by Crippen LogP contribution is 2.11. The van der Waals surface area contributed by atoms with Crippen molar-refractivity contribution in [3.63, 3.8) is 0 Å². The van der Waals surface area contributed by atoms with Gasteiger partial charge in [0.25, 0.3) is 0 Å². The Hall–Kier alpha value is -3.37. The van der Waals surface area contributed by atoms with E-state index < -0.39 is 18.1 Å². The number of Topliss-reactive ketones (excluding diaryl/α,β-unsaturated/α-hetero) is 1. The van der Waals surface area contributed by atoms with Gasteiger partial charge in [-0.2, -0.15) is 17.7 Å². The summed E-state index contributed by atoms with van der Waals surface area (Å²) < 4.78 is 38.0. The third-order valence-corrected chi connectivity index (χ3v) is 2.95. The first-order valence-electron chi connectivity index (χ1n) is 7.85. The van der Waals surface area contributed by atoms with E-state index in [2.05, 4.69) is 9.97 Å². The smallest absolute Gasteiger partial charge is 0.430 e. The standard InChI is InChI=1S/C15H16N3O3.C2HF3O2/c1-2-21-14(20)10-13(19)11-18-8-4-12(5-9-18)15-16-6-3-7-17-15;3-2(4,5)1(6)7/h3-9H,2,10-11H2,1H3;(H,6,7)/q+1;/p-1. The van der Waals surface area contributed by atoms with Gasteiger partial charge >= 0.3 is 12.1 Å². The zero-order valence-corrected chi connectivity index (χ0v) is 14.7. The summed E-state index contributed by atoms with van der Waals surface area (Å²) in [5, 5.41) is 8.78. The van der Waals surface area contributed by atoms with E-state index in [1.165, 1.54) is 0 Å². The molecule has 0 aromatic carbocycles. The second-order valence-corrected chi connectivity index (χ2v) is 5.14. The molecule has 0 saturated heterocycles. The third kappa shape index (κ3) is 8.34. The molecule has 0 aliphatic heterocycles. The van der Waals surface area contributed by atoms with Crippen molar-refractivity contribution in [3.8, 4) is 11.4 Å². The molecule has 0 aliphatic rings. The van der Waals surface area contributed by atoms with Gasteiger partial charge in [0, 0.05) is 30.1 Å².